The summed E-state index contributed by atoms with van der Waals surface area (Å²) in [5, 5.41) is 8.96. The van der Waals surface area contributed by atoms with E-state index in [4.69, 9.17) is 18.8 Å². The van der Waals surface area contributed by atoms with E-state index >= 15 is 0 Å². The van der Waals surface area contributed by atoms with Crippen molar-refractivity contribution < 1.29 is 32.0 Å². The zero-order valence-corrected chi connectivity index (χ0v) is 14.1. The smallest absolute Gasteiger partial charge is 0.371 e. The van der Waals surface area contributed by atoms with Crippen molar-refractivity contribution in [2.45, 2.75) is 19.8 Å². The zero-order valence-electron chi connectivity index (χ0n) is 13.2. The first kappa shape index (κ1) is 18.8. The highest BCUT2D eigenvalue weighted by molar-refractivity contribution is 7.86. The van der Waals surface area contributed by atoms with E-state index in [1.54, 1.807) is 0 Å². The van der Waals surface area contributed by atoms with Gasteiger partial charge in [-0.3, -0.25) is 0 Å². The molecule has 0 unspecified atom stereocenters. The van der Waals surface area contributed by atoms with E-state index < -0.39 is 16.1 Å². The molecule has 0 aliphatic heterocycles. The first-order valence-corrected chi connectivity index (χ1v) is 8.73. The van der Waals surface area contributed by atoms with Crippen LogP contribution in [0.4, 0.5) is 0 Å². The second kappa shape index (κ2) is 8.42. The van der Waals surface area contributed by atoms with Crippen LogP contribution < -0.4 is 8.92 Å². The van der Waals surface area contributed by atoms with Crippen molar-refractivity contribution in [2.75, 3.05) is 20.0 Å². The Morgan fingerprint density at radius 3 is 2.52 bits per heavy atom. The molecule has 0 atom stereocenters. The lowest BCUT2D eigenvalue weighted by atomic mass is 10.2. The van der Waals surface area contributed by atoms with Gasteiger partial charge in [0.1, 0.15) is 0 Å². The Morgan fingerprint density at radius 2 is 2.00 bits per heavy atom. The summed E-state index contributed by atoms with van der Waals surface area (Å²) in [5.41, 5.74) is 0.483. The van der Waals surface area contributed by atoms with Gasteiger partial charge in [-0.15, -0.1) is 0 Å². The molecule has 0 bridgehead atoms. The molecule has 0 aliphatic carbocycles. The predicted molar refractivity (Wildman–Crippen MR) is 84.9 cm³/mol. The molecule has 7 nitrogen and oxygen atoms in total. The Labute approximate surface area is 135 Å². The van der Waals surface area contributed by atoms with Crippen LogP contribution in [0.3, 0.4) is 0 Å². The van der Waals surface area contributed by atoms with Crippen LogP contribution in [0.5, 0.6) is 11.5 Å². The lowest BCUT2D eigenvalue weighted by molar-refractivity contribution is -0.135. The molecule has 0 heterocycles. The molecule has 0 aliphatic rings. The van der Waals surface area contributed by atoms with Crippen LogP contribution in [0.2, 0.25) is 0 Å². The van der Waals surface area contributed by atoms with Crippen molar-refractivity contribution >= 4 is 22.2 Å². The fourth-order valence-electron chi connectivity index (χ4n) is 1.64. The van der Waals surface area contributed by atoms with Crippen LogP contribution in [0.1, 0.15) is 25.3 Å². The van der Waals surface area contributed by atoms with Gasteiger partial charge in [-0.1, -0.05) is 19.4 Å². The first-order valence-electron chi connectivity index (χ1n) is 6.92. The number of rotatable bonds is 9. The lowest BCUT2D eigenvalue weighted by Gasteiger charge is -2.12. The number of unbranched alkanes of at least 4 members (excludes halogenated alkanes) is 1. The summed E-state index contributed by atoms with van der Waals surface area (Å²) in [6, 6.07) is 4.41. The minimum Gasteiger partial charge on any atom is -0.490 e. The van der Waals surface area contributed by atoms with E-state index in [-0.39, 0.29) is 17.3 Å². The molecule has 0 aromatic heterocycles. The number of hydrogen-bond donors (Lipinski definition) is 1. The van der Waals surface area contributed by atoms with Crippen LogP contribution in [-0.2, 0) is 19.6 Å². The summed E-state index contributed by atoms with van der Waals surface area (Å²) in [7, 11) is -2.45. The van der Waals surface area contributed by atoms with Crippen LogP contribution in [0, 0.1) is 0 Å². The van der Waals surface area contributed by atoms with Gasteiger partial charge >= 0.3 is 16.1 Å². The zero-order chi connectivity index (χ0) is 17.5. The molecule has 1 aromatic rings. The number of ether oxygens (including phenoxy) is 2. The lowest BCUT2D eigenvalue weighted by Crippen LogP contribution is -2.08. The molecule has 1 N–H and O–H groups in total. The maximum absolute atomic E-state index is 11.3. The van der Waals surface area contributed by atoms with E-state index in [1.165, 1.54) is 31.4 Å². The summed E-state index contributed by atoms with van der Waals surface area (Å²) in [6.07, 6.45) is 3.94. The summed E-state index contributed by atoms with van der Waals surface area (Å²) < 4.78 is 37.8. The van der Waals surface area contributed by atoms with Gasteiger partial charge in [0.05, 0.1) is 20.0 Å². The van der Waals surface area contributed by atoms with Crippen LogP contribution >= 0.6 is 0 Å². The third kappa shape index (κ3) is 6.60. The van der Waals surface area contributed by atoms with Crippen molar-refractivity contribution in [1.82, 2.24) is 0 Å². The number of aliphatic carboxylic acids is 1. The molecule has 1 rings (SSSR count). The van der Waals surface area contributed by atoms with Crippen molar-refractivity contribution in [3.63, 3.8) is 0 Å². The molecule has 0 spiro atoms. The number of carboxylic acids is 1. The van der Waals surface area contributed by atoms with E-state index in [1.807, 2.05) is 6.92 Å². The number of benzene rings is 1. The topological polar surface area (TPSA) is 99.1 Å². The fourth-order valence-corrected chi connectivity index (χ4v) is 2.11. The SMILES string of the molecule is CCCCOc1cc(/C=C(\OC)C(=O)O)ccc1OS(C)(=O)=O. The molecule has 1 aromatic carbocycles. The van der Waals surface area contributed by atoms with Crippen LogP contribution in [0.25, 0.3) is 6.08 Å². The number of hydrogen-bond acceptors (Lipinski definition) is 6. The molecule has 0 radical (unpaired) electrons. The van der Waals surface area contributed by atoms with E-state index in [0.29, 0.717) is 12.2 Å². The quantitative estimate of drug-likeness (QED) is 0.317. The Balaban J connectivity index is 3.17. The van der Waals surface area contributed by atoms with E-state index in [2.05, 4.69) is 0 Å². The van der Waals surface area contributed by atoms with Gasteiger partial charge < -0.3 is 18.8 Å². The minimum absolute atomic E-state index is 0.0510. The third-order valence-corrected chi connectivity index (χ3v) is 3.18. The monoisotopic (exact) mass is 344 g/mol. The first-order chi connectivity index (χ1) is 10.8. The maximum Gasteiger partial charge on any atom is 0.371 e. The molecular formula is C15H20O7S. The van der Waals surface area contributed by atoms with Crippen LogP contribution in [-0.4, -0.2) is 39.5 Å². The van der Waals surface area contributed by atoms with Gasteiger partial charge in [0.25, 0.3) is 0 Å². The highest BCUT2D eigenvalue weighted by Crippen LogP contribution is 2.30. The second-order valence-corrected chi connectivity index (χ2v) is 6.29. The standard InChI is InChI=1S/C15H20O7S/c1-4-5-8-21-13-9-11(10-14(20-2)15(16)17)6-7-12(13)22-23(3,18)19/h6-7,9-10H,4-5,8H2,1-3H3,(H,16,17)/b14-10-. The van der Waals surface area contributed by atoms with Gasteiger partial charge in [0.15, 0.2) is 11.5 Å². The van der Waals surface area contributed by atoms with Gasteiger partial charge in [0, 0.05) is 0 Å². The highest BCUT2D eigenvalue weighted by atomic mass is 32.2. The summed E-state index contributed by atoms with van der Waals surface area (Å²) in [6.45, 7) is 2.38. The van der Waals surface area contributed by atoms with Crippen LogP contribution in [0.15, 0.2) is 24.0 Å². The molecule has 0 fully saturated rings. The van der Waals surface area contributed by atoms with Crippen molar-refractivity contribution in [1.29, 1.82) is 0 Å². The molecule has 23 heavy (non-hydrogen) atoms. The molecule has 0 saturated carbocycles. The largest absolute Gasteiger partial charge is 0.490 e. The Morgan fingerprint density at radius 1 is 1.30 bits per heavy atom. The van der Waals surface area contributed by atoms with E-state index in [9.17, 15) is 13.2 Å². The summed E-state index contributed by atoms with van der Waals surface area (Å²) in [4.78, 5) is 11.0. The third-order valence-electron chi connectivity index (χ3n) is 2.69. The van der Waals surface area contributed by atoms with Crippen molar-refractivity contribution in [2.24, 2.45) is 0 Å². The van der Waals surface area contributed by atoms with Gasteiger partial charge in [-0.05, 0) is 30.2 Å². The fraction of sp³-hybridized carbons (Fsp3) is 0.400. The summed E-state index contributed by atoms with van der Waals surface area (Å²) in [5.74, 6) is -1.19. The minimum atomic E-state index is -3.70. The normalized spacial score (nSPS) is 11.9. The predicted octanol–water partition coefficient (Wildman–Crippen LogP) is 2.28. The second-order valence-electron chi connectivity index (χ2n) is 4.71. The molecule has 128 valence electrons. The van der Waals surface area contributed by atoms with Gasteiger partial charge in [-0.2, -0.15) is 8.42 Å². The molecule has 0 saturated heterocycles. The van der Waals surface area contributed by atoms with E-state index in [0.717, 1.165) is 19.1 Å². The molecular weight excluding hydrogens is 324 g/mol. The average Bonchev–Trinajstić information content (AvgIpc) is 2.45. The molecule has 8 heteroatoms. The Bertz CT molecular complexity index is 677. The number of carbonyl (C=O) groups is 1. The highest BCUT2D eigenvalue weighted by Gasteiger charge is 2.13. The Hall–Kier alpha value is -2.22. The molecule has 0 amide bonds. The van der Waals surface area contributed by atoms with Crippen molar-refractivity contribution in [3.05, 3.63) is 29.5 Å². The average molecular weight is 344 g/mol. The van der Waals surface area contributed by atoms with Crippen molar-refractivity contribution in [3.8, 4) is 11.5 Å². The summed E-state index contributed by atoms with van der Waals surface area (Å²) >= 11 is 0. The Kier molecular flexibility index (Phi) is 6.89. The van der Waals surface area contributed by atoms with Gasteiger partial charge in [0.2, 0.25) is 5.76 Å². The van der Waals surface area contributed by atoms with Gasteiger partial charge in [-0.25, -0.2) is 4.79 Å². The maximum atomic E-state index is 11.3. The number of methoxy groups -OCH3 is 1. The number of carboxylic acid groups (broad SMARTS) is 1.